The number of aliphatic hydroxyl groups excluding tert-OH is 14. The van der Waals surface area contributed by atoms with Gasteiger partial charge in [0.05, 0.1) is 57.5 Å². The maximum Gasteiger partial charge on any atom is 0.187 e. The second-order valence-corrected chi connectivity index (χ2v) is 28.6. The molecule has 82 heavy (non-hydrogen) atoms. The molecule has 6 heterocycles. The molecular weight excluding hydrogens is 1080 g/mol. The third-order valence-electron chi connectivity index (χ3n) is 23.6. The molecule has 25 heteroatoms. The lowest BCUT2D eigenvalue weighted by atomic mass is 9.30. The lowest BCUT2D eigenvalue weighted by molar-refractivity contribution is -0.400. The summed E-state index contributed by atoms with van der Waals surface area (Å²) < 4.78 is 68.3. The second kappa shape index (κ2) is 22.5. The van der Waals surface area contributed by atoms with Crippen molar-refractivity contribution in [1.82, 2.24) is 0 Å². The van der Waals surface area contributed by atoms with Gasteiger partial charge in [-0.05, 0) is 104 Å². The van der Waals surface area contributed by atoms with Crippen LogP contribution in [0.1, 0.15) is 113 Å². The summed E-state index contributed by atoms with van der Waals surface area (Å²) in [6.45, 7) is 13.9. The van der Waals surface area contributed by atoms with Gasteiger partial charge in [0.2, 0.25) is 0 Å². The zero-order valence-electron chi connectivity index (χ0n) is 48.2. The minimum Gasteiger partial charge on any atom is -0.394 e. The van der Waals surface area contributed by atoms with Crippen LogP contribution in [0.4, 0.5) is 0 Å². The van der Waals surface area contributed by atoms with E-state index in [1.165, 1.54) is 0 Å². The number of rotatable bonds is 12. The number of ether oxygens (including phenoxy) is 11. The van der Waals surface area contributed by atoms with E-state index in [-0.39, 0.29) is 44.5 Å². The van der Waals surface area contributed by atoms with Gasteiger partial charge in [-0.3, -0.25) is 0 Å². The van der Waals surface area contributed by atoms with Crippen molar-refractivity contribution in [2.45, 2.75) is 266 Å². The highest BCUT2D eigenvalue weighted by molar-refractivity contribution is 5.28. The van der Waals surface area contributed by atoms with Crippen LogP contribution in [0.15, 0.2) is 0 Å². The van der Waals surface area contributed by atoms with Crippen LogP contribution in [0, 0.1) is 50.2 Å². The molecule has 14 N–H and O–H groups in total. The first-order chi connectivity index (χ1) is 38.5. The van der Waals surface area contributed by atoms with Gasteiger partial charge in [-0.2, -0.15) is 0 Å². The summed E-state index contributed by atoms with van der Waals surface area (Å²) in [4.78, 5) is 0. The second-order valence-electron chi connectivity index (χ2n) is 28.6. The van der Waals surface area contributed by atoms with Crippen molar-refractivity contribution in [3.8, 4) is 0 Å². The zero-order valence-corrected chi connectivity index (χ0v) is 48.2. The number of hydrogen-bond donors (Lipinski definition) is 14. The quantitative estimate of drug-likeness (QED) is 0.0891. The Morgan fingerprint density at radius 2 is 1.02 bits per heavy atom. The van der Waals surface area contributed by atoms with E-state index in [2.05, 4.69) is 48.5 Å². The SMILES string of the molecule is CC1(C)CC[C@]23CO[C@@]4(CCC5[C@@]6(C)CC[C@H](O[C@@H]7OC[C@H](O[C@@H]8O[C@H](CO)[C@@H](O[C@H]9OC[C@@H](O)[C@H](O)[C@H]9O)[C@H](O)[C@H]8O[C@@H]8OC[C@@H](O)[C@H](O)[C@H]8O)[C@H](O)[C@H]7O[C@H]7O[C@@H](CO)[C@H](O)[C@@H](O)[C@@H]7O)C(C)(C)C6CC[C@@]5(C)[C@]4(C)C[C@H]2O)C3C1. The molecule has 0 radical (unpaired) electrons. The molecule has 11 fully saturated rings. The zero-order chi connectivity index (χ0) is 59.2. The van der Waals surface area contributed by atoms with Crippen LogP contribution in [0.5, 0.6) is 0 Å². The van der Waals surface area contributed by atoms with Gasteiger partial charge in [0.1, 0.15) is 104 Å². The molecule has 472 valence electrons. The Kier molecular flexibility index (Phi) is 17.2. The summed E-state index contributed by atoms with van der Waals surface area (Å²) in [5.74, 6) is 0.704. The predicted molar refractivity (Wildman–Crippen MR) is 277 cm³/mol. The number of hydrogen-bond acceptors (Lipinski definition) is 25. The van der Waals surface area contributed by atoms with Crippen molar-refractivity contribution >= 4 is 0 Å². The molecule has 0 aromatic heterocycles. The summed E-state index contributed by atoms with van der Waals surface area (Å²) in [5.41, 5.74) is -1.52. The highest BCUT2D eigenvalue weighted by Crippen LogP contribution is 2.80. The fourth-order valence-electron chi connectivity index (χ4n) is 18.6. The van der Waals surface area contributed by atoms with Gasteiger partial charge in [-0.15, -0.1) is 0 Å². The van der Waals surface area contributed by atoms with Crippen LogP contribution in [-0.2, 0) is 52.1 Å². The summed E-state index contributed by atoms with van der Waals surface area (Å²) in [6.07, 6.45) is -29.8. The molecule has 11 rings (SSSR count). The van der Waals surface area contributed by atoms with Gasteiger partial charge >= 0.3 is 0 Å². The van der Waals surface area contributed by atoms with E-state index >= 15 is 0 Å². The molecule has 0 aromatic carbocycles. The van der Waals surface area contributed by atoms with Crippen LogP contribution in [0.2, 0.25) is 0 Å². The van der Waals surface area contributed by atoms with Gasteiger partial charge in [0.25, 0.3) is 0 Å². The first-order valence-corrected chi connectivity index (χ1v) is 30.0. The standard InChI is InChI=1S/C57H94O25/c1-51(2)14-15-56-23-75-57(31(56)16-51)13-9-30-53(5)11-10-33(52(3,4)29(53)8-12-54(30,6)55(57,7)17-32(56)62)79-49-44(82-48-41(70)38(67)36(65)26(18-58)76-48)37(66)28(22-74-49)78-50-45(81-47-40(69)35(64)25(61)21-73-47)42(71)43(27(19-59)77-50)80-46-39(68)34(63)24(60)20-72-46/h24-50,58-71H,8-23H2,1-7H3/t24-,25-,26+,27-,28+,29?,30?,31?,32-,33+,34+,35+,36+,37+,38-,39-,40-,41+,42+,43-,44-,45-,46-,47+,48-,49+,50+,53+,54-,55+,56-,57+/m1/s1. The highest BCUT2D eigenvalue weighted by atomic mass is 16.8. The third kappa shape index (κ3) is 9.75. The molecule has 25 nitrogen and oxygen atoms in total. The smallest absolute Gasteiger partial charge is 0.187 e. The van der Waals surface area contributed by atoms with Crippen LogP contribution in [-0.4, -0.2) is 264 Å². The molecule has 3 unspecified atom stereocenters. The predicted octanol–water partition coefficient (Wildman–Crippen LogP) is -2.61. The van der Waals surface area contributed by atoms with E-state index in [0.29, 0.717) is 25.4 Å². The van der Waals surface area contributed by atoms with Crippen molar-refractivity contribution in [3.05, 3.63) is 0 Å². The van der Waals surface area contributed by atoms with Gasteiger partial charge < -0.3 is 124 Å². The van der Waals surface area contributed by atoms with Crippen molar-refractivity contribution in [2.24, 2.45) is 50.2 Å². The fraction of sp³-hybridized carbons (Fsp3) is 1.00. The first-order valence-electron chi connectivity index (χ1n) is 30.0. The number of aliphatic hydroxyl groups is 14. The minimum atomic E-state index is -1.96. The average Bonchev–Trinajstić information content (AvgIpc) is 1.28. The normalized spacial score (nSPS) is 57.3. The van der Waals surface area contributed by atoms with E-state index < -0.39 is 186 Å². The summed E-state index contributed by atoms with van der Waals surface area (Å²) >= 11 is 0. The first kappa shape index (κ1) is 62.6. The third-order valence-corrected chi connectivity index (χ3v) is 23.6. The Labute approximate surface area is 477 Å². The molecule has 2 bridgehead atoms. The molecule has 5 aliphatic carbocycles. The summed E-state index contributed by atoms with van der Waals surface area (Å²) in [6, 6.07) is 0. The highest BCUT2D eigenvalue weighted by Gasteiger charge is 2.80. The summed E-state index contributed by atoms with van der Waals surface area (Å²) in [5, 5.41) is 154. The monoisotopic (exact) mass is 1180 g/mol. The fourth-order valence-corrected chi connectivity index (χ4v) is 18.6. The van der Waals surface area contributed by atoms with Crippen LogP contribution in [0.25, 0.3) is 0 Å². The van der Waals surface area contributed by atoms with E-state index in [1.807, 2.05) is 0 Å². The number of fused-ring (bicyclic) bond motifs is 4. The topological polar surface area (TPSA) is 385 Å². The maximum absolute atomic E-state index is 12.6. The molecule has 6 saturated heterocycles. The molecular formula is C57H94O25. The molecule has 32 atom stereocenters. The van der Waals surface area contributed by atoms with Crippen LogP contribution in [0.3, 0.4) is 0 Å². The molecule has 6 aliphatic heterocycles. The van der Waals surface area contributed by atoms with Gasteiger partial charge in [0.15, 0.2) is 31.5 Å². The summed E-state index contributed by atoms with van der Waals surface area (Å²) in [7, 11) is 0. The van der Waals surface area contributed by atoms with Gasteiger partial charge in [-0.1, -0.05) is 48.5 Å². The largest absolute Gasteiger partial charge is 0.394 e. The Morgan fingerprint density at radius 1 is 0.451 bits per heavy atom. The Hall–Kier alpha value is -1.00. The van der Waals surface area contributed by atoms with E-state index in [9.17, 15) is 71.5 Å². The van der Waals surface area contributed by atoms with Crippen molar-refractivity contribution < 1.29 is 124 Å². The van der Waals surface area contributed by atoms with E-state index in [4.69, 9.17) is 52.1 Å². The van der Waals surface area contributed by atoms with Gasteiger partial charge in [0, 0.05) is 10.8 Å². The Bertz CT molecular complexity index is 2230. The molecule has 0 aromatic rings. The van der Waals surface area contributed by atoms with E-state index in [0.717, 1.165) is 51.4 Å². The Balaban J connectivity index is 0.851. The van der Waals surface area contributed by atoms with Crippen LogP contribution >= 0.6 is 0 Å². The van der Waals surface area contributed by atoms with Crippen molar-refractivity contribution in [2.75, 3.05) is 39.6 Å². The lowest BCUT2D eigenvalue weighted by Gasteiger charge is -2.75. The minimum absolute atomic E-state index is 0.134. The van der Waals surface area contributed by atoms with Crippen molar-refractivity contribution in [1.29, 1.82) is 0 Å². The Morgan fingerprint density at radius 3 is 1.67 bits per heavy atom. The lowest BCUT2D eigenvalue weighted by Crippen LogP contribution is -2.74. The van der Waals surface area contributed by atoms with E-state index in [1.54, 1.807) is 0 Å². The molecule has 11 aliphatic rings. The van der Waals surface area contributed by atoms with Crippen LogP contribution < -0.4 is 0 Å². The maximum atomic E-state index is 12.6. The molecule has 5 saturated carbocycles. The van der Waals surface area contributed by atoms with Gasteiger partial charge in [-0.25, -0.2) is 0 Å². The molecule has 0 amide bonds. The molecule has 1 spiro atoms. The average molecular weight is 1180 g/mol. The van der Waals surface area contributed by atoms with Crippen molar-refractivity contribution in [3.63, 3.8) is 0 Å².